The number of ether oxygens (including phenoxy) is 3. The highest BCUT2D eigenvalue weighted by Gasteiger charge is 2.28. The van der Waals surface area contributed by atoms with E-state index in [0.717, 1.165) is 0 Å². The maximum atomic E-state index is 13.5. The number of likely N-dealkylation sites (tertiary alicyclic amines) is 1. The van der Waals surface area contributed by atoms with Crippen LogP contribution in [-0.4, -0.2) is 58.8 Å². The van der Waals surface area contributed by atoms with E-state index in [9.17, 15) is 14.0 Å². The van der Waals surface area contributed by atoms with Crippen LogP contribution in [0, 0.1) is 5.82 Å². The predicted molar refractivity (Wildman–Crippen MR) is 132 cm³/mol. The summed E-state index contributed by atoms with van der Waals surface area (Å²) in [6.07, 6.45) is 2.16. The molecule has 0 atom stereocenters. The second-order valence-electron chi connectivity index (χ2n) is 9.51. The number of nitrogens with zero attached hydrogens (tertiary/aromatic N) is 3. The van der Waals surface area contributed by atoms with Gasteiger partial charge in [0.25, 0.3) is 0 Å². The van der Waals surface area contributed by atoms with E-state index in [2.05, 4.69) is 15.3 Å². The summed E-state index contributed by atoms with van der Waals surface area (Å²) in [6, 6.07) is 9.27. The van der Waals surface area contributed by atoms with Crippen LogP contribution in [0.4, 0.5) is 20.8 Å². The van der Waals surface area contributed by atoms with Gasteiger partial charge < -0.3 is 24.4 Å². The van der Waals surface area contributed by atoms with Gasteiger partial charge in [-0.25, -0.2) is 23.9 Å². The molecule has 1 saturated heterocycles. The molecule has 10 heteroatoms. The summed E-state index contributed by atoms with van der Waals surface area (Å²) in [5.41, 5.74) is 0.746. The van der Waals surface area contributed by atoms with E-state index < -0.39 is 11.6 Å². The third-order valence-electron chi connectivity index (χ3n) is 5.55. The number of benzene rings is 2. The van der Waals surface area contributed by atoms with Gasteiger partial charge in [-0.15, -0.1) is 0 Å². The molecule has 1 aliphatic heterocycles. The number of carbonyl (C=O) groups is 2. The van der Waals surface area contributed by atoms with Crippen molar-refractivity contribution in [1.29, 1.82) is 0 Å². The monoisotopic (exact) mass is 496 g/mol. The zero-order chi connectivity index (χ0) is 25.9. The molecule has 2 heterocycles. The number of anilines is 2. The number of carbonyl (C=O) groups excluding carboxylic acids is 2. The average molecular weight is 497 g/mol. The van der Waals surface area contributed by atoms with Crippen LogP contribution in [0.5, 0.6) is 5.75 Å². The fraction of sp³-hybridized carbons (Fsp3) is 0.385. The standard InChI is InChI=1S/C26H29FN4O5/c1-26(2,3)36-25(33)31-10-8-19(9-11-31)35-22-14-21-16(12-20(22)23(32)34-4)15-28-24(30-21)29-18-7-5-6-17(27)13-18/h5-7,12-15,19H,8-11H2,1-4H3,(H,28,29,30). The van der Waals surface area contributed by atoms with Gasteiger partial charge in [-0.1, -0.05) is 6.07 Å². The van der Waals surface area contributed by atoms with Crippen LogP contribution < -0.4 is 10.1 Å². The zero-order valence-corrected chi connectivity index (χ0v) is 20.7. The Kier molecular flexibility index (Phi) is 7.23. The lowest BCUT2D eigenvalue weighted by Crippen LogP contribution is -2.44. The predicted octanol–water partition coefficient (Wildman–Crippen LogP) is 5.08. The summed E-state index contributed by atoms with van der Waals surface area (Å²) in [4.78, 5) is 35.3. The first-order chi connectivity index (χ1) is 17.1. The van der Waals surface area contributed by atoms with Crippen molar-refractivity contribution < 1.29 is 28.2 Å². The van der Waals surface area contributed by atoms with E-state index in [0.29, 0.717) is 48.3 Å². The van der Waals surface area contributed by atoms with Gasteiger partial charge in [0.2, 0.25) is 5.95 Å². The molecule has 190 valence electrons. The fourth-order valence-electron chi connectivity index (χ4n) is 3.84. The van der Waals surface area contributed by atoms with E-state index in [1.165, 1.54) is 19.2 Å². The Balaban J connectivity index is 1.53. The van der Waals surface area contributed by atoms with Gasteiger partial charge in [-0.2, -0.15) is 0 Å². The lowest BCUT2D eigenvalue weighted by atomic mass is 10.1. The molecule has 0 bridgehead atoms. The normalized spacial score (nSPS) is 14.4. The number of aromatic nitrogens is 2. The Labute approximate surface area is 208 Å². The van der Waals surface area contributed by atoms with Gasteiger partial charge >= 0.3 is 12.1 Å². The van der Waals surface area contributed by atoms with E-state index in [1.54, 1.807) is 35.4 Å². The van der Waals surface area contributed by atoms with Gasteiger partial charge in [0.15, 0.2) is 0 Å². The minimum Gasteiger partial charge on any atom is -0.489 e. The van der Waals surface area contributed by atoms with E-state index >= 15 is 0 Å². The first-order valence-corrected chi connectivity index (χ1v) is 11.7. The third kappa shape index (κ3) is 6.18. The van der Waals surface area contributed by atoms with Crippen LogP contribution in [0.2, 0.25) is 0 Å². The number of halogens is 1. The molecule has 1 aliphatic rings. The first-order valence-electron chi connectivity index (χ1n) is 11.7. The molecule has 2 aromatic carbocycles. The van der Waals surface area contributed by atoms with Crippen molar-refractivity contribution in [2.75, 3.05) is 25.5 Å². The molecule has 0 aliphatic carbocycles. The van der Waals surface area contributed by atoms with Crippen LogP contribution in [-0.2, 0) is 9.47 Å². The molecule has 1 N–H and O–H groups in total. The van der Waals surface area contributed by atoms with Crippen molar-refractivity contribution in [3.05, 3.63) is 54.0 Å². The molecule has 0 radical (unpaired) electrons. The minimum absolute atomic E-state index is 0.212. The van der Waals surface area contributed by atoms with E-state index in [4.69, 9.17) is 14.2 Å². The Morgan fingerprint density at radius 3 is 2.56 bits per heavy atom. The number of amides is 1. The summed E-state index contributed by atoms with van der Waals surface area (Å²) in [5.74, 6) is -0.312. The maximum absolute atomic E-state index is 13.5. The van der Waals surface area contributed by atoms with Gasteiger partial charge in [0, 0.05) is 49.3 Å². The highest BCUT2D eigenvalue weighted by atomic mass is 19.1. The second-order valence-corrected chi connectivity index (χ2v) is 9.51. The van der Waals surface area contributed by atoms with Crippen molar-refractivity contribution in [3.63, 3.8) is 0 Å². The van der Waals surface area contributed by atoms with Gasteiger partial charge in [-0.3, -0.25) is 0 Å². The Morgan fingerprint density at radius 2 is 1.89 bits per heavy atom. The summed E-state index contributed by atoms with van der Waals surface area (Å²) in [7, 11) is 1.30. The smallest absolute Gasteiger partial charge is 0.410 e. The number of hydrogen-bond acceptors (Lipinski definition) is 8. The molecule has 4 rings (SSSR count). The molecule has 36 heavy (non-hydrogen) atoms. The number of esters is 1. The lowest BCUT2D eigenvalue weighted by molar-refractivity contribution is 0.0126. The topological polar surface area (TPSA) is 103 Å². The highest BCUT2D eigenvalue weighted by molar-refractivity contribution is 5.97. The van der Waals surface area contributed by atoms with Crippen molar-refractivity contribution in [1.82, 2.24) is 14.9 Å². The molecule has 0 spiro atoms. The van der Waals surface area contributed by atoms with Gasteiger partial charge in [-0.05, 0) is 45.0 Å². The lowest BCUT2D eigenvalue weighted by Gasteiger charge is -2.33. The van der Waals surface area contributed by atoms with Crippen molar-refractivity contribution >= 4 is 34.6 Å². The van der Waals surface area contributed by atoms with Crippen LogP contribution in [0.25, 0.3) is 10.9 Å². The Morgan fingerprint density at radius 1 is 1.14 bits per heavy atom. The molecule has 0 unspecified atom stereocenters. The number of nitrogens with one attached hydrogen (secondary N) is 1. The first kappa shape index (κ1) is 25.2. The molecule has 1 fully saturated rings. The number of hydrogen-bond donors (Lipinski definition) is 1. The fourth-order valence-corrected chi connectivity index (χ4v) is 3.84. The van der Waals surface area contributed by atoms with Crippen molar-refractivity contribution in [3.8, 4) is 5.75 Å². The molecule has 9 nitrogen and oxygen atoms in total. The van der Waals surface area contributed by atoms with Crippen LogP contribution >= 0.6 is 0 Å². The zero-order valence-electron chi connectivity index (χ0n) is 20.7. The maximum Gasteiger partial charge on any atom is 0.410 e. The van der Waals surface area contributed by atoms with Crippen LogP contribution in [0.3, 0.4) is 0 Å². The Hall–Kier alpha value is -3.95. The number of methoxy groups -OCH3 is 1. The highest BCUT2D eigenvalue weighted by Crippen LogP contribution is 2.29. The van der Waals surface area contributed by atoms with E-state index in [1.807, 2.05) is 20.8 Å². The summed E-state index contributed by atoms with van der Waals surface area (Å²) in [5, 5.41) is 3.59. The quantitative estimate of drug-likeness (QED) is 0.488. The van der Waals surface area contributed by atoms with Crippen molar-refractivity contribution in [2.24, 2.45) is 0 Å². The molecule has 1 amide bonds. The summed E-state index contributed by atoms with van der Waals surface area (Å²) >= 11 is 0. The van der Waals surface area contributed by atoms with Crippen molar-refractivity contribution in [2.45, 2.75) is 45.3 Å². The SMILES string of the molecule is COC(=O)c1cc2cnc(Nc3cccc(F)c3)nc2cc1OC1CCN(C(=O)OC(C)(C)C)CC1. The molecule has 0 saturated carbocycles. The third-order valence-corrected chi connectivity index (χ3v) is 5.55. The molecular formula is C26H29FN4O5. The number of piperidine rings is 1. The molecular weight excluding hydrogens is 467 g/mol. The summed E-state index contributed by atoms with van der Waals surface area (Å²) < 4.78 is 30.1. The molecule has 3 aromatic rings. The van der Waals surface area contributed by atoms with Crippen LogP contribution in [0.15, 0.2) is 42.6 Å². The largest absolute Gasteiger partial charge is 0.489 e. The van der Waals surface area contributed by atoms with Gasteiger partial charge in [0.1, 0.15) is 28.8 Å². The average Bonchev–Trinajstić information content (AvgIpc) is 2.82. The Bertz CT molecular complexity index is 1270. The van der Waals surface area contributed by atoms with Gasteiger partial charge in [0.05, 0.1) is 12.6 Å². The number of fused-ring (bicyclic) bond motifs is 1. The minimum atomic E-state index is -0.560. The summed E-state index contributed by atoms with van der Waals surface area (Å²) in [6.45, 7) is 6.45. The second kappa shape index (κ2) is 10.3. The number of rotatable bonds is 5. The van der Waals surface area contributed by atoms with Crippen LogP contribution in [0.1, 0.15) is 44.0 Å². The molecule has 1 aromatic heterocycles. The van der Waals surface area contributed by atoms with E-state index in [-0.39, 0.29) is 29.5 Å².